The van der Waals surface area contributed by atoms with E-state index in [4.69, 9.17) is 18.9 Å². The van der Waals surface area contributed by atoms with E-state index in [2.05, 4.69) is 19.2 Å². The predicted molar refractivity (Wildman–Crippen MR) is 287 cm³/mol. The van der Waals surface area contributed by atoms with Crippen molar-refractivity contribution in [1.82, 2.24) is 0 Å². The SMILES string of the molecule is C/C=[N+]1/C(=O)Oc2c(C)cc(C)cc21.Cc1cc(C)c2c(c1)/[N+](=C\C1CCCCC1)C(=O)O2.Cc1cc(C)c2c(c1)/[N+](=C\c1ccc(C(F)(F)F)cc1)C(=O)O2.Cc1cc(C)c2c(c1)/[N+](=C\c1ccc([N+](=O)[O-])cc1)C(=O)O2. The van der Waals surface area contributed by atoms with Gasteiger partial charge in [-0.2, -0.15) is 32.3 Å². The lowest BCUT2D eigenvalue weighted by Crippen LogP contribution is -2.19. The van der Waals surface area contributed by atoms with E-state index in [1.165, 1.54) is 76.3 Å². The fourth-order valence-electron chi connectivity index (χ4n) is 9.78. The van der Waals surface area contributed by atoms with Crippen LogP contribution in [0.25, 0.3) is 0 Å². The largest absolute Gasteiger partial charge is 0.608 e. The van der Waals surface area contributed by atoms with Crippen molar-refractivity contribution in [2.45, 2.75) is 101 Å². The molecule has 5 aliphatic rings. The standard InChI is InChI=1S/C17H13F3NO2.C16H13N2O4.C16H20NO2.C11H12NO2/c1-10-7-11(2)15-14(8-10)21(16(22)23-15)9-12-3-5-13(6-4-12)17(18,19)20;1-10-7-11(2)15-14(8-10)17(16(19)22-15)9-12-3-5-13(6-4-12)18(20)21;1-11-8-12(2)15-14(9-11)17(16(18)19-15)10-13-6-4-3-5-7-13;1-4-12-9-6-7(2)5-8(3)10(9)14-11(12)13/h3-9H,1-2H3;3-9H,1-2H3;8-10,13H,3-7H2,1-2H3;4-6H,1-3H3/q4*+1/b21-9+;17-9+;17-10+;12-4+. The Morgan fingerprint density at radius 3 is 1.19 bits per heavy atom. The van der Waals surface area contributed by atoms with Gasteiger partial charge in [0, 0.05) is 60.4 Å². The number of alkyl halides is 3. The fourth-order valence-corrected chi connectivity index (χ4v) is 9.78. The van der Waals surface area contributed by atoms with Gasteiger partial charge in [-0.25, -0.2) is 0 Å². The maximum Gasteiger partial charge on any atom is 0.608 e. The zero-order chi connectivity index (χ0) is 56.3. The number of nitro benzene ring substituents is 1. The molecule has 4 amide bonds. The highest BCUT2D eigenvalue weighted by molar-refractivity contribution is 5.88. The van der Waals surface area contributed by atoms with Gasteiger partial charge in [-0.05, 0) is 149 Å². The zero-order valence-electron chi connectivity index (χ0n) is 44.6. The number of carbonyl (C=O) groups is 4. The van der Waals surface area contributed by atoms with E-state index in [1.807, 2.05) is 91.8 Å². The summed E-state index contributed by atoms with van der Waals surface area (Å²) in [6.07, 6.45) is 7.07. The van der Waals surface area contributed by atoms with Crippen LogP contribution in [-0.4, -0.2) is 72.5 Å². The molecule has 0 radical (unpaired) electrons. The number of non-ortho nitro benzene ring substituents is 1. The molecule has 0 N–H and O–H groups in total. The predicted octanol–water partition coefficient (Wildman–Crippen LogP) is 14.7. The summed E-state index contributed by atoms with van der Waals surface area (Å²) < 4.78 is 64.8. The van der Waals surface area contributed by atoms with Gasteiger partial charge >= 0.3 is 30.5 Å². The van der Waals surface area contributed by atoms with Crippen LogP contribution >= 0.6 is 0 Å². The van der Waals surface area contributed by atoms with Gasteiger partial charge < -0.3 is 18.9 Å². The minimum absolute atomic E-state index is 0.00763. The van der Waals surface area contributed by atoms with E-state index < -0.39 is 28.8 Å². The summed E-state index contributed by atoms with van der Waals surface area (Å²) in [5.74, 6) is 2.94. The molecule has 4 heterocycles. The third-order valence-corrected chi connectivity index (χ3v) is 13.3. The van der Waals surface area contributed by atoms with Crippen LogP contribution in [0.2, 0.25) is 0 Å². The van der Waals surface area contributed by atoms with Crippen LogP contribution in [0.5, 0.6) is 23.0 Å². The lowest BCUT2D eigenvalue weighted by Gasteiger charge is -2.14. The first-order chi connectivity index (χ1) is 37.0. The van der Waals surface area contributed by atoms with Crippen LogP contribution in [0, 0.1) is 71.4 Å². The van der Waals surface area contributed by atoms with Gasteiger partial charge in [-0.3, -0.25) is 10.1 Å². The molecule has 1 saturated carbocycles. The summed E-state index contributed by atoms with van der Waals surface area (Å²) in [6, 6.07) is 26.1. The highest BCUT2D eigenvalue weighted by Gasteiger charge is 2.41. The molecule has 15 nitrogen and oxygen atoms in total. The summed E-state index contributed by atoms with van der Waals surface area (Å²) >= 11 is 0. The summed E-state index contributed by atoms with van der Waals surface area (Å²) in [4.78, 5) is 57.7. The molecule has 0 bridgehead atoms. The number of hydrogen-bond acceptors (Lipinski definition) is 10. The van der Waals surface area contributed by atoms with Gasteiger partial charge in [0.2, 0.25) is 23.0 Å². The molecule has 6 aromatic rings. The zero-order valence-corrected chi connectivity index (χ0v) is 44.6. The molecule has 0 spiro atoms. The molecule has 400 valence electrons. The molecule has 78 heavy (non-hydrogen) atoms. The first-order valence-electron chi connectivity index (χ1n) is 25.2. The minimum atomic E-state index is -4.38. The number of carbonyl (C=O) groups excluding carboxylic acids is 4. The third-order valence-electron chi connectivity index (χ3n) is 13.3. The van der Waals surface area contributed by atoms with Gasteiger partial charge in [-0.1, -0.05) is 61.8 Å². The molecule has 0 unspecified atom stereocenters. The molecule has 11 rings (SSSR count). The topological polar surface area (TPSA) is 160 Å². The Morgan fingerprint density at radius 1 is 0.500 bits per heavy atom. The molecule has 0 aromatic heterocycles. The maximum absolute atomic E-state index is 12.6. The Morgan fingerprint density at radius 2 is 0.833 bits per heavy atom. The summed E-state index contributed by atoms with van der Waals surface area (Å²) in [7, 11) is 0. The van der Waals surface area contributed by atoms with E-state index in [0.29, 0.717) is 45.7 Å². The lowest BCUT2D eigenvalue weighted by atomic mass is 9.90. The van der Waals surface area contributed by atoms with Crippen molar-refractivity contribution >= 4 is 77.7 Å². The van der Waals surface area contributed by atoms with Crippen LogP contribution in [0.3, 0.4) is 0 Å². The van der Waals surface area contributed by atoms with E-state index >= 15 is 0 Å². The molecular formula is C60H58F3N5O10+4. The number of aryl methyl sites for hydroxylation is 8. The molecule has 0 saturated heterocycles. The van der Waals surface area contributed by atoms with E-state index in [-0.39, 0.29) is 17.9 Å². The van der Waals surface area contributed by atoms with Crippen LogP contribution in [-0.2, 0) is 6.18 Å². The molecular weight excluding hydrogens is 1010 g/mol. The summed E-state index contributed by atoms with van der Waals surface area (Å²) in [5.41, 5.74) is 11.5. The molecule has 4 aliphatic heterocycles. The van der Waals surface area contributed by atoms with Crippen LogP contribution in [0.15, 0.2) is 97.1 Å². The van der Waals surface area contributed by atoms with Crippen LogP contribution in [0.4, 0.5) is 60.8 Å². The third kappa shape index (κ3) is 12.2. The second-order valence-corrected chi connectivity index (χ2v) is 19.7. The van der Waals surface area contributed by atoms with Crippen molar-refractivity contribution in [2.75, 3.05) is 0 Å². The van der Waals surface area contributed by atoms with Crippen molar-refractivity contribution in [1.29, 1.82) is 0 Å². The second-order valence-electron chi connectivity index (χ2n) is 19.7. The van der Waals surface area contributed by atoms with Crippen molar-refractivity contribution in [2.24, 2.45) is 5.92 Å². The van der Waals surface area contributed by atoms with Crippen molar-refractivity contribution < 1.29 is 74.5 Å². The van der Waals surface area contributed by atoms with Gasteiger partial charge in [0.15, 0.2) is 24.9 Å². The minimum Gasteiger partial charge on any atom is -0.365 e. The molecule has 0 atom stereocenters. The van der Waals surface area contributed by atoms with Gasteiger partial charge in [-0.15, -0.1) is 0 Å². The van der Waals surface area contributed by atoms with Gasteiger partial charge in [0.05, 0.1) is 10.5 Å². The highest BCUT2D eigenvalue weighted by atomic mass is 19.4. The van der Waals surface area contributed by atoms with Gasteiger partial charge in [0.1, 0.15) is 0 Å². The normalized spacial score (nSPS) is 17.1. The quantitative estimate of drug-likeness (QED) is 0.0944. The second kappa shape index (κ2) is 22.7. The Balaban J connectivity index is 0.000000139. The van der Waals surface area contributed by atoms with Crippen LogP contribution in [0.1, 0.15) is 100 Å². The monoisotopic (exact) mass is 1070 g/mol. The lowest BCUT2D eigenvalue weighted by molar-refractivity contribution is -0.384. The first kappa shape index (κ1) is 55.3. The Kier molecular flexibility index (Phi) is 16.1. The number of fused-ring (bicyclic) bond motifs is 4. The molecule has 1 aliphatic carbocycles. The molecule has 1 fully saturated rings. The smallest absolute Gasteiger partial charge is 0.365 e. The summed E-state index contributed by atoms with van der Waals surface area (Å²) in [6.45, 7) is 17.4. The Bertz CT molecular complexity index is 3570. The number of benzene rings is 6. The van der Waals surface area contributed by atoms with Crippen LogP contribution < -0.4 is 18.9 Å². The number of nitrogens with zero attached hydrogens (tertiary/aromatic N) is 5. The number of ether oxygens (including phenoxy) is 4. The average Bonchev–Trinajstić information content (AvgIpc) is 4.09. The fraction of sp³-hybridized carbons (Fsp3) is 0.267. The molecule has 18 heteroatoms. The number of rotatable bonds is 4. The van der Waals surface area contributed by atoms with E-state index in [0.717, 1.165) is 73.8 Å². The highest BCUT2D eigenvalue weighted by Crippen LogP contribution is 2.41. The van der Waals surface area contributed by atoms with Gasteiger partial charge in [0.25, 0.3) is 28.4 Å². The number of nitro groups is 1. The number of amides is 4. The molecule has 6 aromatic carbocycles. The Labute approximate surface area is 448 Å². The van der Waals surface area contributed by atoms with Crippen molar-refractivity contribution in [3.63, 3.8) is 0 Å². The average molecular weight is 1070 g/mol. The van der Waals surface area contributed by atoms with Crippen molar-refractivity contribution in [3.8, 4) is 23.0 Å². The first-order valence-corrected chi connectivity index (χ1v) is 25.2. The Hall–Kier alpha value is -8.93. The van der Waals surface area contributed by atoms with Crippen molar-refractivity contribution in [3.05, 3.63) is 168 Å². The maximum atomic E-state index is 12.6. The van der Waals surface area contributed by atoms with E-state index in [9.17, 15) is 42.5 Å². The number of halogens is 3. The summed E-state index contributed by atoms with van der Waals surface area (Å²) in [5, 5.41) is 10.7. The number of hydrogen-bond donors (Lipinski definition) is 0. The van der Waals surface area contributed by atoms with E-state index in [1.54, 1.807) is 35.2 Å².